The van der Waals surface area contributed by atoms with Gasteiger partial charge in [-0.2, -0.15) is 0 Å². The first-order valence-electron chi connectivity index (χ1n) is 4.06. The van der Waals surface area contributed by atoms with Crippen molar-refractivity contribution in [2.45, 2.75) is 13.3 Å². The summed E-state index contributed by atoms with van der Waals surface area (Å²) in [7, 11) is 0. The second kappa shape index (κ2) is 4.51. The molecular formula is C11H11FO. The zero-order valence-corrected chi connectivity index (χ0v) is 7.51. The SMILES string of the molecule is C#CCCOc1ccc(C)c(F)c1. The zero-order chi connectivity index (χ0) is 9.68. The maximum atomic E-state index is 13.0. The van der Waals surface area contributed by atoms with Crippen molar-refractivity contribution >= 4 is 0 Å². The van der Waals surface area contributed by atoms with E-state index in [2.05, 4.69) is 5.92 Å². The van der Waals surface area contributed by atoms with Gasteiger partial charge in [0.25, 0.3) is 0 Å². The van der Waals surface area contributed by atoms with Crippen LogP contribution >= 0.6 is 0 Å². The molecular weight excluding hydrogens is 167 g/mol. The molecule has 0 N–H and O–H groups in total. The number of halogens is 1. The summed E-state index contributed by atoms with van der Waals surface area (Å²) in [6.07, 6.45) is 5.58. The molecule has 0 atom stereocenters. The van der Waals surface area contributed by atoms with Gasteiger partial charge in [0.05, 0.1) is 6.61 Å². The number of ether oxygens (including phenoxy) is 1. The molecule has 0 saturated carbocycles. The standard InChI is InChI=1S/C11H11FO/c1-3-4-7-13-10-6-5-9(2)11(12)8-10/h1,5-6,8H,4,7H2,2H3. The van der Waals surface area contributed by atoms with E-state index in [1.807, 2.05) is 0 Å². The van der Waals surface area contributed by atoms with Crippen LogP contribution in [0.2, 0.25) is 0 Å². The van der Waals surface area contributed by atoms with E-state index >= 15 is 0 Å². The van der Waals surface area contributed by atoms with Crippen LogP contribution in [0.5, 0.6) is 5.75 Å². The molecule has 0 fully saturated rings. The molecule has 68 valence electrons. The van der Waals surface area contributed by atoms with E-state index in [4.69, 9.17) is 11.2 Å². The Labute approximate surface area is 77.5 Å². The summed E-state index contributed by atoms with van der Waals surface area (Å²) >= 11 is 0. The molecule has 0 spiro atoms. The van der Waals surface area contributed by atoms with Gasteiger partial charge in [0.1, 0.15) is 11.6 Å². The highest BCUT2D eigenvalue weighted by molar-refractivity contribution is 5.27. The minimum absolute atomic E-state index is 0.252. The van der Waals surface area contributed by atoms with Crippen LogP contribution in [-0.2, 0) is 0 Å². The molecule has 2 heteroatoms. The monoisotopic (exact) mass is 178 g/mol. The van der Waals surface area contributed by atoms with Crippen molar-refractivity contribution in [3.8, 4) is 18.1 Å². The summed E-state index contributed by atoms with van der Waals surface area (Å²) in [5.74, 6) is 2.72. The Morgan fingerprint density at radius 2 is 2.31 bits per heavy atom. The van der Waals surface area contributed by atoms with Crippen molar-refractivity contribution in [2.75, 3.05) is 6.61 Å². The molecule has 1 aromatic rings. The van der Waals surface area contributed by atoms with Crippen LogP contribution in [-0.4, -0.2) is 6.61 Å². The molecule has 0 radical (unpaired) electrons. The van der Waals surface area contributed by atoms with Gasteiger partial charge >= 0.3 is 0 Å². The largest absolute Gasteiger partial charge is 0.492 e. The van der Waals surface area contributed by atoms with E-state index in [1.165, 1.54) is 6.07 Å². The number of terminal acetylenes is 1. The maximum Gasteiger partial charge on any atom is 0.129 e. The predicted octanol–water partition coefficient (Wildman–Crippen LogP) is 2.54. The van der Waals surface area contributed by atoms with Crippen LogP contribution in [0.1, 0.15) is 12.0 Å². The topological polar surface area (TPSA) is 9.23 Å². The second-order valence-electron chi connectivity index (χ2n) is 2.71. The van der Waals surface area contributed by atoms with Crippen LogP contribution in [0.3, 0.4) is 0 Å². The Kier molecular flexibility index (Phi) is 3.33. The first-order chi connectivity index (χ1) is 6.24. The molecule has 0 saturated heterocycles. The van der Waals surface area contributed by atoms with Crippen molar-refractivity contribution in [2.24, 2.45) is 0 Å². The molecule has 0 heterocycles. The quantitative estimate of drug-likeness (QED) is 0.510. The van der Waals surface area contributed by atoms with Gasteiger partial charge in [-0.15, -0.1) is 12.3 Å². The number of aryl methyl sites for hydroxylation is 1. The predicted molar refractivity (Wildman–Crippen MR) is 50.1 cm³/mol. The number of hydrogen-bond donors (Lipinski definition) is 0. The first-order valence-corrected chi connectivity index (χ1v) is 4.06. The fraction of sp³-hybridized carbons (Fsp3) is 0.273. The minimum atomic E-state index is -0.252. The first kappa shape index (κ1) is 9.60. The third-order valence-electron chi connectivity index (χ3n) is 1.66. The number of benzene rings is 1. The molecule has 0 aromatic heterocycles. The van der Waals surface area contributed by atoms with Gasteiger partial charge in [-0.25, -0.2) is 4.39 Å². The zero-order valence-electron chi connectivity index (χ0n) is 7.51. The van der Waals surface area contributed by atoms with Gasteiger partial charge in [-0.3, -0.25) is 0 Å². The smallest absolute Gasteiger partial charge is 0.129 e. The molecule has 1 aromatic carbocycles. The Bertz CT molecular complexity index is 325. The lowest BCUT2D eigenvalue weighted by Crippen LogP contribution is -1.96. The number of rotatable bonds is 3. The van der Waals surface area contributed by atoms with E-state index in [9.17, 15) is 4.39 Å². The van der Waals surface area contributed by atoms with E-state index in [0.29, 0.717) is 24.3 Å². The molecule has 0 amide bonds. The minimum Gasteiger partial charge on any atom is -0.492 e. The third kappa shape index (κ3) is 2.79. The van der Waals surface area contributed by atoms with Crippen LogP contribution in [0.25, 0.3) is 0 Å². The Balaban J connectivity index is 2.59. The summed E-state index contributed by atoms with van der Waals surface area (Å²) in [5, 5.41) is 0. The molecule has 13 heavy (non-hydrogen) atoms. The highest BCUT2D eigenvalue weighted by atomic mass is 19.1. The molecule has 0 unspecified atom stereocenters. The highest BCUT2D eigenvalue weighted by Crippen LogP contribution is 2.15. The summed E-state index contributed by atoms with van der Waals surface area (Å²) in [4.78, 5) is 0. The van der Waals surface area contributed by atoms with E-state index < -0.39 is 0 Å². The summed E-state index contributed by atoms with van der Waals surface area (Å²) in [6.45, 7) is 2.14. The van der Waals surface area contributed by atoms with Gasteiger partial charge in [-0.1, -0.05) is 6.07 Å². The fourth-order valence-corrected chi connectivity index (χ4v) is 0.891. The van der Waals surface area contributed by atoms with Crippen LogP contribution < -0.4 is 4.74 Å². The van der Waals surface area contributed by atoms with Gasteiger partial charge in [0, 0.05) is 12.5 Å². The Morgan fingerprint density at radius 3 is 2.92 bits per heavy atom. The summed E-state index contributed by atoms with van der Waals surface area (Å²) in [6, 6.07) is 4.78. The molecule has 0 aliphatic rings. The lowest BCUT2D eigenvalue weighted by Gasteiger charge is -2.04. The average Bonchev–Trinajstić information content (AvgIpc) is 2.12. The third-order valence-corrected chi connectivity index (χ3v) is 1.66. The maximum absolute atomic E-state index is 13.0. The lowest BCUT2D eigenvalue weighted by atomic mass is 10.2. The summed E-state index contributed by atoms with van der Waals surface area (Å²) in [5.41, 5.74) is 0.615. The fourth-order valence-electron chi connectivity index (χ4n) is 0.891. The van der Waals surface area contributed by atoms with Crippen LogP contribution in [0, 0.1) is 25.1 Å². The molecule has 1 rings (SSSR count). The lowest BCUT2D eigenvalue weighted by molar-refractivity contribution is 0.325. The van der Waals surface area contributed by atoms with E-state index in [-0.39, 0.29) is 5.82 Å². The highest BCUT2D eigenvalue weighted by Gasteiger charge is 1.98. The van der Waals surface area contributed by atoms with Gasteiger partial charge in [0.2, 0.25) is 0 Å². The van der Waals surface area contributed by atoms with Crippen LogP contribution in [0.15, 0.2) is 18.2 Å². The van der Waals surface area contributed by atoms with Gasteiger partial charge < -0.3 is 4.74 Å². The number of hydrogen-bond acceptors (Lipinski definition) is 1. The van der Waals surface area contributed by atoms with Gasteiger partial charge in [-0.05, 0) is 18.6 Å². The Morgan fingerprint density at radius 1 is 1.54 bits per heavy atom. The van der Waals surface area contributed by atoms with Crippen molar-refractivity contribution in [3.05, 3.63) is 29.6 Å². The molecule has 0 bridgehead atoms. The average molecular weight is 178 g/mol. The van der Waals surface area contributed by atoms with Crippen molar-refractivity contribution < 1.29 is 9.13 Å². The van der Waals surface area contributed by atoms with Gasteiger partial charge in [0.15, 0.2) is 0 Å². The molecule has 0 aliphatic heterocycles. The summed E-state index contributed by atoms with van der Waals surface area (Å²) < 4.78 is 18.2. The normalized spacial score (nSPS) is 9.31. The van der Waals surface area contributed by atoms with Crippen molar-refractivity contribution in [1.29, 1.82) is 0 Å². The van der Waals surface area contributed by atoms with Crippen LogP contribution in [0.4, 0.5) is 4.39 Å². The van der Waals surface area contributed by atoms with E-state index in [1.54, 1.807) is 19.1 Å². The molecule has 0 aliphatic carbocycles. The molecule has 1 nitrogen and oxygen atoms in total. The van der Waals surface area contributed by atoms with E-state index in [0.717, 1.165) is 0 Å². The van der Waals surface area contributed by atoms with Crippen molar-refractivity contribution in [1.82, 2.24) is 0 Å². The Hall–Kier alpha value is -1.49. The van der Waals surface area contributed by atoms with Crippen molar-refractivity contribution in [3.63, 3.8) is 0 Å². The second-order valence-corrected chi connectivity index (χ2v) is 2.71.